The van der Waals surface area contributed by atoms with E-state index in [1.54, 1.807) is 55.6 Å². The van der Waals surface area contributed by atoms with Crippen molar-refractivity contribution in [3.63, 3.8) is 0 Å². The molecule has 4 rings (SSSR count). The maximum Gasteiger partial charge on any atom is 0.258 e. The highest BCUT2D eigenvalue weighted by Crippen LogP contribution is 2.31. The Hall–Kier alpha value is -3.43. The van der Waals surface area contributed by atoms with Gasteiger partial charge < -0.3 is 15.4 Å². The lowest BCUT2D eigenvalue weighted by Gasteiger charge is -2.05. The second-order valence-electron chi connectivity index (χ2n) is 6.66. The Kier molecular flexibility index (Phi) is 6.67. The van der Waals surface area contributed by atoms with Crippen LogP contribution in [0.25, 0.3) is 10.2 Å². The molecule has 6 nitrogen and oxygen atoms in total. The van der Waals surface area contributed by atoms with Gasteiger partial charge in [-0.25, -0.2) is 9.37 Å². The molecule has 0 spiro atoms. The molecule has 32 heavy (non-hydrogen) atoms. The van der Waals surface area contributed by atoms with E-state index >= 15 is 0 Å². The van der Waals surface area contributed by atoms with E-state index in [4.69, 9.17) is 4.74 Å². The Labute approximate surface area is 191 Å². The summed E-state index contributed by atoms with van der Waals surface area (Å²) < 4.78 is 20.5. The average molecular weight is 468 g/mol. The monoisotopic (exact) mass is 467 g/mol. The van der Waals surface area contributed by atoms with E-state index in [9.17, 15) is 14.0 Å². The molecule has 0 aliphatic heterocycles. The summed E-state index contributed by atoms with van der Waals surface area (Å²) in [7, 11) is 1.59. The van der Waals surface area contributed by atoms with Gasteiger partial charge in [-0.2, -0.15) is 0 Å². The molecule has 2 N–H and O–H groups in total. The summed E-state index contributed by atoms with van der Waals surface area (Å²) >= 11 is 2.75. The zero-order chi connectivity index (χ0) is 22.5. The number of carbonyl (C=O) groups excluding carboxylic acids is 2. The number of thioether (sulfide) groups is 1. The number of methoxy groups -OCH3 is 1. The molecule has 0 atom stereocenters. The topological polar surface area (TPSA) is 80.3 Å². The number of nitrogens with zero attached hydrogens (tertiary/aromatic N) is 1. The van der Waals surface area contributed by atoms with Gasteiger partial charge in [0.2, 0.25) is 5.91 Å². The fourth-order valence-corrected chi connectivity index (χ4v) is 4.79. The molecular weight excluding hydrogens is 449 g/mol. The van der Waals surface area contributed by atoms with E-state index < -0.39 is 11.7 Å². The molecule has 2 amide bonds. The van der Waals surface area contributed by atoms with Crippen LogP contribution < -0.4 is 15.4 Å². The molecule has 0 fully saturated rings. The fourth-order valence-electron chi connectivity index (χ4n) is 2.89. The number of thiazole rings is 1. The predicted octanol–water partition coefficient (Wildman–Crippen LogP) is 5.43. The predicted molar refractivity (Wildman–Crippen MR) is 126 cm³/mol. The Balaban J connectivity index is 1.37. The van der Waals surface area contributed by atoms with Crippen LogP contribution in [-0.4, -0.2) is 29.7 Å². The first kappa shape index (κ1) is 21.8. The van der Waals surface area contributed by atoms with Gasteiger partial charge in [0.15, 0.2) is 4.34 Å². The Morgan fingerprint density at radius 3 is 2.53 bits per heavy atom. The number of anilines is 2. The van der Waals surface area contributed by atoms with Crippen molar-refractivity contribution in [2.24, 2.45) is 0 Å². The van der Waals surface area contributed by atoms with E-state index in [0.717, 1.165) is 20.3 Å². The third-order valence-electron chi connectivity index (χ3n) is 4.45. The largest absolute Gasteiger partial charge is 0.497 e. The molecule has 0 aliphatic rings. The van der Waals surface area contributed by atoms with Crippen LogP contribution in [0, 0.1) is 5.82 Å². The normalized spacial score (nSPS) is 10.7. The number of carbonyl (C=O) groups is 2. The van der Waals surface area contributed by atoms with Crippen molar-refractivity contribution < 1.29 is 18.7 Å². The van der Waals surface area contributed by atoms with E-state index in [-0.39, 0.29) is 17.2 Å². The van der Waals surface area contributed by atoms with Crippen LogP contribution in [-0.2, 0) is 4.79 Å². The van der Waals surface area contributed by atoms with Crippen LogP contribution in [0.2, 0.25) is 0 Å². The van der Waals surface area contributed by atoms with Crippen LogP contribution in [0.15, 0.2) is 71.1 Å². The first-order chi connectivity index (χ1) is 15.5. The molecule has 1 aromatic heterocycles. The van der Waals surface area contributed by atoms with Crippen LogP contribution in [0.3, 0.4) is 0 Å². The highest BCUT2D eigenvalue weighted by atomic mass is 32.2. The van der Waals surface area contributed by atoms with Crippen LogP contribution in [0.5, 0.6) is 5.75 Å². The van der Waals surface area contributed by atoms with Crippen molar-refractivity contribution >= 4 is 56.5 Å². The van der Waals surface area contributed by atoms with Crippen molar-refractivity contribution in [3.05, 3.63) is 78.1 Å². The SMILES string of the molecule is COc1ccc(NC(=O)CSc2nc3ccc(NC(=O)c4ccccc4F)cc3s2)cc1. The minimum absolute atomic E-state index is 0.0176. The van der Waals surface area contributed by atoms with Crippen LogP contribution in [0.1, 0.15) is 10.4 Å². The van der Waals surface area contributed by atoms with Crippen molar-refractivity contribution in [2.75, 3.05) is 23.5 Å². The van der Waals surface area contributed by atoms with E-state index in [1.807, 2.05) is 0 Å². The first-order valence-electron chi connectivity index (χ1n) is 9.55. The molecule has 0 unspecified atom stereocenters. The van der Waals surface area contributed by atoms with Gasteiger partial charge in [-0.1, -0.05) is 23.9 Å². The molecule has 162 valence electrons. The van der Waals surface area contributed by atoms with Crippen molar-refractivity contribution in [2.45, 2.75) is 4.34 Å². The number of nitrogens with one attached hydrogen (secondary N) is 2. The number of fused-ring (bicyclic) bond motifs is 1. The molecule has 0 saturated carbocycles. The lowest BCUT2D eigenvalue weighted by molar-refractivity contribution is -0.113. The number of aromatic nitrogens is 1. The lowest BCUT2D eigenvalue weighted by Crippen LogP contribution is -2.13. The minimum atomic E-state index is -0.574. The van der Waals surface area contributed by atoms with Gasteiger partial charge in [0, 0.05) is 11.4 Å². The maximum absolute atomic E-state index is 13.8. The summed E-state index contributed by atoms with van der Waals surface area (Å²) in [4.78, 5) is 29.1. The molecule has 0 radical (unpaired) electrons. The molecule has 3 aromatic carbocycles. The molecule has 9 heteroatoms. The molecule has 0 aliphatic carbocycles. The van der Waals surface area contributed by atoms with Gasteiger partial charge >= 0.3 is 0 Å². The summed E-state index contributed by atoms with van der Waals surface area (Å²) in [6.45, 7) is 0. The van der Waals surface area contributed by atoms with Gasteiger partial charge in [-0.3, -0.25) is 9.59 Å². The first-order valence-corrected chi connectivity index (χ1v) is 11.4. The van der Waals surface area contributed by atoms with E-state index in [0.29, 0.717) is 11.4 Å². The third-order valence-corrected chi connectivity index (χ3v) is 6.61. The molecule has 0 bridgehead atoms. The summed E-state index contributed by atoms with van der Waals surface area (Å²) in [5.41, 5.74) is 1.98. The summed E-state index contributed by atoms with van der Waals surface area (Å²) in [5, 5.41) is 5.54. The number of benzene rings is 3. The van der Waals surface area contributed by atoms with E-state index in [2.05, 4.69) is 15.6 Å². The van der Waals surface area contributed by atoms with Gasteiger partial charge in [0.1, 0.15) is 11.6 Å². The molecule has 0 saturated heterocycles. The summed E-state index contributed by atoms with van der Waals surface area (Å²) in [5.74, 6) is -0.302. The Morgan fingerprint density at radius 1 is 1.03 bits per heavy atom. The second-order valence-corrected chi connectivity index (χ2v) is 8.91. The van der Waals surface area contributed by atoms with Gasteiger partial charge in [-0.15, -0.1) is 11.3 Å². The average Bonchev–Trinajstić information content (AvgIpc) is 3.21. The second kappa shape index (κ2) is 9.80. The van der Waals surface area contributed by atoms with Crippen molar-refractivity contribution in [3.8, 4) is 5.75 Å². The number of hydrogen-bond acceptors (Lipinski definition) is 6. The van der Waals surface area contributed by atoms with E-state index in [1.165, 1.54) is 41.3 Å². The molecule has 1 heterocycles. The third kappa shape index (κ3) is 5.24. The minimum Gasteiger partial charge on any atom is -0.497 e. The number of amides is 2. The zero-order valence-corrected chi connectivity index (χ0v) is 18.6. The highest BCUT2D eigenvalue weighted by molar-refractivity contribution is 8.01. The highest BCUT2D eigenvalue weighted by Gasteiger charge is 2.13. The Morgan fingerprint density at radius 2 is 1.78 bits per heavy atom. The number of ether oxygens (including phenoxy) is 1. The lowest BCUT2D eigenvalue weighted by atomic mass is 10.2. The summed E-state index contributed by atoms with van der Waals surface area (Å²) in [6.07, 6.45) is 0. The Bertz CT molecular complexity index is 1280. The van der Waals surface area contributed by atoms with Gasteiger partial charge in [0.05, 0.1) is 28.6 Å². The smallest absolute Gasteiger partial charge is 0.258 e. The molecular formula is C23H18FN3O3S2. The zero-order valence-electron chi connectivity index (χ0n) is 16.9. The van der Waals surface area contributed by atoms with Crippen molar-refractivity contribution in [1.29, 1.82) is 0 Å². The number of halogens is 1. The van der Waals surface area contributed by atoms with Gasteiger partial charge in [-0.05, 0) is 54.6 Å². The molecule has 4 aromatic rings. The standard InChI is InChI=1S/C23H18FN3O3S2/c1-30-16-9-6-14(7-10-16)25-21(28)13-31-23-27-19-11-8-15(12-20(19)32-23)26-22(29)17-4-2-3-5-18(17)24/h2-12H,13H2,1H3,(H,25,28)(H,26,29). The number of rotatable bonds is 7. The van der Waals surface area contributed by atoms with Crippen LogP contribution in [0.4, 0.5) is 15.8 Å². The fraction of sp³-hybridized carbons (Fsp3) is 0.0870. The number of hydrogen-bond donors (Lipinski definition) is 2. The summed E-state index contributed by atoms with van der Waals surface area (Å²) in [6, 6.07) is 18.2. The maximum atomic E-state index is 13.8. The van der Waals surface area contributed by atoms with Crippen LogP contribution >= 0.6 is 23.1 Å². The van der Waals surface area contributed by atoms with Crippen molar-refractivity contribution in [1.82, 2.24) is 4.98 Å². The van der Waals surface area contributed by atoms with Gasteiger partial charge in [0.25, 0.3) is 5.91 Å². The quantitative estimate of drug-likeness (QED) is 0.355.